The van der Waals surface area contributed by atoms with E-state index in [1.54, 1.807) is 7.11 Å². The van der Waals surface area contributed by atoms with Gasteiger partial charge in [-0.15, -0.1) is 0 Å². The topological polar surface area (TPSA) is 21.3 Å². The first-order valence-electron chi connectivity index (χ1n) is 6.37. The first-order valence-corrected chi connectivity index (χ1v) is 6.75. The molecule has 1 rings (SSSR count). The Labute approximate surface area is 116 Å². The summed E-state index contributed by atoms with van der Waals surface area (Å²) < 4.78 is 5.33. The number of nitrogens with one attached hydrogen (secondary N) is 1. The molecule has 0 spiro atoms. The van der Waals surface area contributed by atoms with Gasteiger partial charge in [0, 0.05) is 17.1 Å². The molecule has 0 fully saturated rings. The zero-order valence-electron chi connectivity index (χ0n) is 12.0. The standard InChI is InChI=1S/C15H24ClNO/c1-11(15(2,3)4)9-17-10-12-8-13(16)6-7-14(12)18-5/h6-8,11,17H,9-10H2,1-5H3. The van der Waals surface area contributed by atoms with E-state index >= 15 is 0 Å². The van der Waals surface area contributed by atoms with Crippen molar-refractivity contribution in [1.29, 1.82) is 0 Å². The number of hydrogen-bond acceptors (Lipinski definition) is 2. The Bertz CT molecular complexity index is 385. The van der Waals surface area contributed by atoms with Gasteiger partial charge in [-0.2, -0.15) is 0 Å². The number of rotatable bonds is 5. The highest BCUT2D eigenvalue weighted by Crippen LogP contribution is 2.25. The molecule has 0 radical (unpaired) electrons. The fraction of sp³-hybridized carbons (Fsp3) is 0.600. The van der Waals surface area contributed by atoms with Gasteiger partial charge < -0.3 is 10.1 Å². The van der Waals surface area contributed by atoms with Crippen LogP contribution in [-0.4, -0.2) is 13.7 Å². The monoisotopic (exact) mass is 269 g/mol. The van der Waals surface area contributed by atoms with E-state index in [4.69, 9.17) is 16.3 Å². The molecule has 0 saturated heterocycles. The fourth-order valence-electron chi connectivity index (χ4n) is 1.61. The van der Waals surface area contributed by atoms with Crippen LogP contribution < -0.4 is 10.1 Å². The molecule has 0 aliphatic carbocycles. The maximum absolute atomic E-state index is 6.00. The lowest BCUT2D eigenvalue weighted by atomic mass is 9.82. The molecule has 1 unspecified atom stereocenters. The summed E-state index contributed by atoms with van der Waals surface area (Å²) in [5.74, 6) is 1.50. The van der Waals surface area contributed by atoms with Crippen molar-refractivity contribution in [2.45, 2.75) is 34.2 Å². The van der Waals surface area contributed by atoms with E-state index in [1.165, 1.54) is 0 Å². The molecule has 2 nitrogen and oxygen atoms in total. The molecular formula is C15H24ClNO. The summed E-state index contributed by atoms with van der Waals surface area (Å²) >= 11 is 6.00. The van der Waals surface area contributed by atoms with Gasteiger partial charge in [0.1, 0.15) is 5.75 Å². The maximum atomic E-state index is 6.00. The van der Waals surface area contributed by atoms with Crippen molar-refractivity contribution in [2.24, 2.45) is 11.3 Å². The van der Waals surface area contributed by atoms with Crippen LogP contribution in [0.15, 0.2) is 18.2 Å². The van der Waals surface area contributed by atoms with Crippen LogP contribution in [0, 0.1) is 11.3 Å². The Balaban J connectivity index is 2.56. The highest BCUT2D eigenvalue weighted by Gasteiger charge is 2.19. The summed E-state index contributed by atoms with van der Waals surface area (Å²) in [6, 6.07) is 5.71. The molecule has 0 amide bonds. The summed E-state index contributed by atoms with van der Waals surface area (Å²) in [7, 11) is 1.69. The van der Waals surface area contributed by atoms with Crippen molar-refractivity contribution >= 4 is 11.6 Å². The van der Waals surface area contributed by atoms with Crippen LogP contribution in [0.25, 0.3) is 0 Å². The lowest BCUT2D eigenvalue weighted by Crippen LogP contribution is -2.29. The quantitative estimate of drug-likeness (QED) is 0.868. The zero-order chi connectivity index (χ0) is 13.8. The molecule has 0 aliphatic rings. The third kappa shape index (κ3) is 4.51. The van der Waals surface area contributed by atoms with Crippen molar-refractivity contribution in [3.05, 3.63) is 28.8 Å². The average Bonchev–Trinajstić information content (AvgIpc) is 2.28. The van der Waals surface area contributed by atoms with Crippen molar-refractivity contribution < 1.29 is 4.74 Å². The zero-order valence-corrected chi connectivity index (χ0v) is 12.8. The molecule has 0 bridgehead atoms. The first-order chi connectivity index (χ1) is 8.34. The van der Waals surface area contributed by atoms with Gasteiger partial charge >= 0.3 is 0 Å². The molecule has 0 saturated carbocycles. The molecule has 102 valence electrons. The summed E-state index contributed by atoms with van der Waals surface area (Å²) in [6.07, 6.45) is 0. The van der Waals surface area contributed by atoms with Crippen molar-refractivity contribution in [3.8, 4) is 5.75 Å². The second kappa shape index (κ2) is 6.44. The van der Waals surface area contributed by atoms with Crippen LogP contribution in [0.3, 0.4) is 0 Å². The molecule has 18 heavy (non-hydrogen) atoms. The third-order valence-corrected chi connectivity index (χ3v) is 3.72. The minimum atomic E-state index is 0.325. The molecule has 1 N–H and O–H groups in total. The van der Waals surface area contributed by atoms with Gasteiger partial charge in [0.15, 0.2) is 0 Å². The predicted octanol–water partition coefficient (Wildman–Crippen LogP) is 4.12. The second-order valence-electron chi connectivity index (χ2n) is 5.85. The van der Waals surface area contributed by atoms with E-state index in [9.17, 15) is 0 Å². The number of methoxy groups -OCH3 is 1. The molecule has 3 heteroatoms. The minimum absolute atomic E-state index is 0.325. The summed E-state index contributed by atoms with van der Waals surface area (Å²) in [5.41, 5.74) is 1.43. The predicted molar refractivity (Wildman–Crippen MR) is 78.3 cm³/mol. The van der Waals surface area contributed by atoms with E-state index in [0.717, 1.165) is 29.4 Å². The Hall–Kier alpha value is -0.730. The fourth-order valence-corrected chi connectivity index (χ4v) is 1.81. The molecular weight excluding hydrogens is 246 g/mol. The number of hydrogen-bond donors (Lipinski definition) is 1. The van der Waals surface area contributed by atoms with E-state index < -0.39 is 0 Å². The highest BCUT2D eigenvalue weighted by molar-refractivity contribution is 6.30. The van der Waals surface area contributed by atoms with Crippen LogP contribution in [0.2, 0.25) is 5.02 Å². The Morgan fingerprint density at radius 1 is 1.33 bits per heavy atom. The molecule has 1 aromatic rings. The number of halogens is 1. The number of ether oxygens (including phenoxy) is 1. The van der Waals surface area contributed by atoms with Gasteiger partial charge in [0.2, 0.25) is 0 Å². The second-order valence-corrected chi connectivity index (χ2v) is 6.29. The molecule has 0 heterocycles. The third-order valence-electron chi connectivity index (χ3n) is 3.49. The van der Waals surface area contributed by atoms with Gasteiger partial charge in [-0.25, -0.2) is 0 Å². The SMILES string of the molecule is COc1ccc(Cl)cc1CNCC(C)C(C)(C)C. The highest BCUT2D eigenvalue weighted by atomic mass is 35.5. The molecule has 0 aliphatic heterocycles. The Morgan fingerprint density at radius 2 is 2.00 bits per heavy atom. The van der Waals surface area contributed by atoms with Crippen LogP contribution in [0.1, 0.15) is 33.3 Å². The van der Waals surface area contributed by atoms with Crippen LogP contribution in [-0.2, 0) is 6.54 Å². The van der Waals surface area contributed by atoms with Crippen molar-refractivity contribution in [3.63, 3.8) is 0 Å². The lowest BCUT2D eigenvalue weighted by Gasteiger charge is -2.27. The van der Waals surface area contributed by atoms with Crippen LogP contribution >= 0.6 is 11.6 Å². The van der Waals surface area contributed by atoms with Crippen LogP contribution in [0.5, 0.6) is 5.75 Å². The molecule has 1 aromatic carbocycles. The maximum Gasteiger partial charge on any atom is 0.123 e. The van der Waals surface area contributed by atoms with E-state index in [2.05, 4.69) is 33.0 Å². The summed E-state index contributed by atoms with van der Waals surface area (Å²) in [6.45, 7) is 10.8. The van der Waals surface area contributed by atoms with Crippen molar-refractivity contribution in [2.75, 3.05) is 13.7 Å². The Morgan fingerprint density at radius 3 is 2.56 bits per heavy atom. The summed E-state index contributed by atoms with van der Waals surface area (Å²) in [5, 5.41) is 4.22. The largest absolute Gasteiger partial charge is 0.496 e. The van der Waals surface area contributed by atoms with Gasteiger partial charge in [-0.1, -0.05) is 39.3 Å². The molecule has 0 aromatic heterocycles. The molecule has 1 atom stereocenters. The smallest absolute Gasteiger partial charge is 0.123 e. The van der Waals surface area contributed by atoms with E-state index in [-0.39, 0.29) is 0 Å². The average molecular weight is 270 g/mol. The lowest BCUT2D eigenvalue weighted by molar-refractivity contribution is 0.252. The van der Waals surface area contributed by atoms with Gasteiger partial charge in [-0.05, 0) is 36.1 Å². The minimum Gasteiger partial charge on any atom is -0.496 e. The van der Waals surface area contributed by atoms with Crippen LogP contribution in [0.4, 0.5) is 0 Å². The van der Waals surface area contributed by atoms with Gasteiger partial charge in [0.25, 0.3) is 0 Å². The van der Waals surface area contributed by atoms with Gasteiger partial charge in [0.05, 0.1) is 7.11 Å². The van der Waals surface area contributed by atoms with Gasteiger partial charge in [-0.3, -0.25) is 0 Å². The summed E-state index contributed by atoms with van der Waals surface area (Å²) in [4.78, 5) is 0. The van der Waals surface area contributed by atoms with E-state index in [1.807, 2.05) is 18.2 Å². The number of benzene rings is 1. The first kappa shape index (κ1) is 15.3. The van der Waals surface area contributed by atoms with E-state index in [0.29, 0.717) is 11.3 Å². The Kier molecular flexibility index (Phi) is 5.48. The normalized spacial score (nSPS) is 13.4. The van der Waals surface area contributed by atoms with Crippen molar-refractivity contribution in [1.82, 2.24) is 5.32 Å².